The number of piperidine rings is 1. The molecule has 0 aromatic carbocycles. The van der Waals surface area contributed by atoms with Crippen LogP contribution in [0.5, 0.6) is 0 Å². The van der Waals surface area contributed by atoms with E-state index < -0.39 is 12.3 Å². The molecule has 3 N–H and O–H groups in total. The highest BCUT2D eigenvalue weighted by atomic mass is 19.1. The molecule has 1 heterocycles. The summed E-state index contributed by atoms with van der Waals surface area (Å²) in [7, 11) is 0. The summed E-state index contributed by atoms with van der Waals surface area (Å²) >= 11 is 0. The van der Waals surface area contributed by atoms with Gasteiger partial charge in [-0.15, -0.1) is 0 Å². The zero-order valence-corrected chi connectivity index (χ0v) is 6.83. The maximum atomic E-state index is 13.0. The smallest absolute Gasteiger partial charge is 0.139 e. The normalized spacial score (nSPS) is 44.8. The van der Waals surface area contributed by atoms with Crippen LogP contribution >= 0.6 is 0 Å². The minimum absolute atomic E-state index is 0.130. The minimum Gasteiger partial charge on any atom is -0.396 e. The van der Waals surface area contributed by atoms with E-state index in [0.29, 0.717) is 0 Å². The molecule has 2 rings (SSSR count). The maximum Gasteiger partial charge on any atom is 0.139 e. The van der Waals surface area contributed by atoms with Crippen LogP contribution in [0, 0.1) is 5.92 Å². The van der Waals surface area contributed by atoms with Gasteiger partial charge in [0, 0.05) is 18.0 Å². The van der Waals surface area contributed by atoms with E-state index in [1.165, 1.54) is 0 Å². The summed E-state index contributed by atoms with van der Waals surface area (Å²) in [6, 6.07) is 0. The van der Waals surface area contributed by atoms with Gasteiger partial charge < -0.3 is 15.5 Å². The van der Waals surface area contributed by atoms with E-state index in [2.05, 4.69) is 5.32 Å². The molecule has 1 spiro atoms. The van der Waals surface area contributed by atoms with Crippen LogP contribution in [-0.4, -0.2) is 41.2 Å². The lowest BCUT2D eigenvalue weighted by atomic mass is 9.85. The van der Waals surface area contributed by atoms with Crippen LogP contribution in [0.1, 0.15) is 12.8 Å². The zero-order chi connectivity index (χ0) is 8.77. The fourth-order valence-electron chi connectivity index (χ4n) is 2.10. The van der Waals surface area contributed by atoms with Crippen molar-refractivity contribution in [3.8, 4) is 0 Å². The van der Waals surface area contributed by atoms with Gasteiger partial charge in [0.2, 0.25) is 0 Å². The lowest BCUT2D eigenvalue weighted by molar-refractivity contribution is -0.0401. The molecule has 4 heteroatoms. The fourth-order valence-corrected chi connectivity index (χ4v) is 2.10. The molecule has 1 aliphatic heterocycles. The second-order valence-electron chi connectivity index (χ2n) is 3.83. The van der Waals surface area contributed by atoms with Crippen LogP contribution in [0.25, 0.3) is 0 Å². The molecule has 1 saturated carbocycles. The Morgan fingerprint density at radius 2 is 2.17 bits per heavy atom. The molecule has 12 heavy (non-hydrogen) atoms. The summed E-state index contributed by atoms with van der Waals surface area (Å²) in [5.41, 5.74) is -0.142. The SMILES string of the molecule is OC[C@@H]1[C@@H](O)[C@H](F)CNC12CC2. The molecule has 0 aromatic heterocycles. The molecule has 3 atom stereocenters. The van der Waals surface area contributed by atoms with E-state index >= 15 is 0 Å². The molecular weight excluding hydrogens is 161 g/mol. The summed E-state index contributed by atoms with van der Waals surface area (Å²) < 4.78 is 13.0. The van der Waals surface area contributed by atoms with Crippen LogP contribution in [-0.2, 0) is 0 Å². The van der Waals surface area contributed by atoms with Gasteiger partial charge in [0.1, 0.15) is 6.17 Å². The van der Waals surface area contributed by atoms with E-state index in [0.717, 1.165) is 12.8 Å². The number of aliphatic hydroxyl groups excluding tert-OH is 2. The Labute approximate surface area is 70.6 Å². The van der Waals surface area contributed by atoms with Gasteiger partial charge in [0.05, 0.1) is 12.7 Å². The Hall–Kier alpha value is -0.190. The van der Waals surface area contributed by atoms with Crippen molar-refractivity contribution in [1.29, 1.82) is 0 Å². The maximum absolute atomic E-state index is 13.0. The monoisotopic (exact) mass is 175 g/mol. The van der Waals surface area contributed by atoms with Crippen molar-refractivity contribution in [2.75, 3.05) is 13.2 Å². The second-order valence-corrected chi connectivity index (χ2v) is 3.83. The Balaban J connectivity index is 2.11. The summed E-state index contributed by atoms with van der Waals surface area (Å²) in [5, 5.41) is 21.5. The average molecular weight is 175 g/mol. The largest absolute Gasteiger partial charge is 0.396 e. The van der Waals surface area contributed by atoms with Crippen molar-refractivity contribution in [1.82, 2.24) is 5.32 Å². The van der Waals surface area contributed by atoms with Gasteiger partial charge >= 0.3 is 0 Å². The number of hydrogen-bond donors (Lipinski definition) is 3. The zero-order valence-electron chi connectivity index (χ0n) is 6.83. The summed E-state index contributed by atoms with van der Waals surface area (Å²) in [6.45, 7) is 0.0895. The van der Waals surface area contributed by atoms with Crippen LogP contribution in [0.2, 0.25) is 0 Å². The van der Waals surface area contributed by atoms with Gasteiger partial charge in [0.15, 0.2) is 0 Å². The third-order valence-corrected chi connectivity index (χ3v) is 3.13. The van der Waals surface area contributed by atoms with Crippen molar-refractivity contribution in [2.24, 2.45) is 5.92 Å². The lowest BCUT2D eigenvalue weighted by Gasteiger charge is -2.37. The van der Waals surface area contributed by atoms with Crippen molar-refractivity contribution in [3.05, 3.63) is 0 Å². The van der Waals surface area contributed by atoms with Crippen LogP contribution < -0.4 is 5.32 Å². The highest BCUT2D eigenvalue weighted by Gasteiger charge is 2.55. The van der Waals surface area contributed by atoms with Crippen molar-refractivity contribution >= 4 is 0 Å². The molecule has 0 unspecified atom stereocenters. The highest BCUT2D eigenvalue weighted by Crippen LogP contribution is 2.46. The predicted octanol–water partition coefficient (Wildman–Crippen LogP) is -0.570. The molecule has 0 aromatic rings. The van der Waals surface area contributed by atoms with Crippen molar-refractivity contribution < 1.29 is 14.6 Å². The third-order valence-electron chi connectivity index (χ3n) is 3.13. The predicted molar refractivity (Wildman–Crippen MR) is 41.4 cm³/mol. The van der Waals surface area contributed by atoms with Crippen LogP contribution in [0.15, 0.2) is 0 Å². The standard InChI is InChI=1S/C8H14FNO2/c9-6-3-10-8(1-2-8)5(4-11)7(6)12/h5-7,10-12H,1-4H2/t5-,6-,7-/m1/s1. The van der Waals surface area contributed by atoms with Gasteiger partial charge in [-0.1, -0.05) is 0 Å². The molecule has 2 fully saturated rings. The van der Waals surface area contributed by atoms with Gasteiger partial charge in [-0.2, -0.15) is 0 Å². The van der Waals surface area contributed by atoms with Gasteiger partial charge in [-0.05, 0) is 12.8 Å². The molecule has 1 aliphatic carbocycles. The fraction of sp³-hybridized carbons (Fsp3) is 1.00. The van der Waals surface area contributed by atoms with E-state index in [4.69, 9.17) is 5.11 Å². The first-order valence-electron chi connectivity index (χ1n) is 4.38. The topological polar surface area (TPSA) is 52.5 Å². The van der Waals surface area contributed by atoms with E-state index in [-0.39, 0.29) is 24.6 Å². The second kappa shape index (κ2) is 2.65. The molecule has 0 radical (unpaired) electrons. The summed E-state index contributed by atoms with van der Waals surface area (Å²) in [6.07, 6.45) is -0.323. The van der Waals surface area contributed by atoms with E-state index in [1.54, 1.807) is 0 Å². The summed E-state index contributed by atoms with van der Waals surface area (Å²) in [4.78, 5) is 0. The van der Waals surface area contributed by atoms with Crippen LogP contribution in [0.3, 0.4) is 0 Å². The number of alkyl halides is 1. The average Bonchev–Trinajstić information content (AvgIpc) is 2.81. The molecule has 70 valence electrons. The first-order valence-corrected chi connectivity index (χ1v) is 4.38. The number of aliphatic hydroxyl groups is 2. The number of halogens is 1. The van der Waals surface area contributed by atoms with Gasteiger partial charge in [0.25, 0.3) is 0 Å². The molecule has 0 amide bonds. The number of nitrogens with one attached hydrogen (secondary N) is 1. The quantitative estimate of drug-likeness (QED) is 0.500. The van der Waals surface area contributed by atoms with Gasteiger partial charge in [-0.25, -0.2) is 4.39 Å². The van der Waals surface area contributed by atoms with E-state index in [1.807, 2.05) is 0 Å². The lowest BCUT2D eigenvalue weighted by Crippen LogP contribution is -2.57. The first kappa shape index (κ1) is 8.41. The molecule has 1 saturated heterocycles. The molecule has 0 bridgehead atoms. The molecule has 2 aliphatic rings. The van der Waals surface area contributed by atoms with Crippen LogP contribution in [0.4, 0.5) is 4.39 Å². The summed E-state index contributed by atoms with van der Waals surface area (Å²) in [5.74, 6) is -0.318. The Morgan fingerprint density at radius 1 is 1.50 bits per heavy atom. The Bertz CT molecular complexity index is 184. The Morgan fingerprint density at radius 3 is 2.67 bits per heavy atom. The van der Waals surface area contributed by atoms with Gasteiger partial charge in [-0.3, -0.25) is 0 Å². The molecule has 3 nitrogen and oxygen atoms in total. The van der Waals surface area contributed by atoms with Crippen molar-refractivity contribution in [2.45, 2.75) is 30.7 Å². The number of hydrogen-bond acceptors (Lipinski definition) is 3. The highest BCUT2D eigenvalue weighted by molar-refractivity contribution is 5.12. The molecular formula is C8H14FNO2. The van der Waals surface area contributed by atoms with Crippen molar-refractivity contribution in [3.63, 3.8) is 0 Å². The minimum atomic E-state index is -1.23. The Kier molecular flexibility index (Phi) is 1.86. The first-order chi connectivity index (χ1) is 5.69. The number of rotatable bonds is 1. The van der Waals surface area contributed by atoms with E-state index in [9.17, 15) is 9.50 Å². The third kappa shape index (κ3) is 1.06.